The summed E-state index contributed by atoms with van der Waals surface area (Å²) >= 11 is 0. The quantitative estimate of drug-likeness (QED) is 0.314. The molecule has 3 amide bonds. The number of nitrogens with zero attached hydrogens (tertiary/aromatic N) is 1. The van der Waals surface area contributed by atoms with E-state index < -0.39 is 36.4 Å². The van der Waals surface area contributed by atoms with E-state index in [9.17, 15) is 18.8 Å². The smallest absolute Gasteiger partial charge is 0.338 e. The maximum absolute atomic E-state index is 14.8. The van der Waals surface area contributed by atoms with Crippen molar-refractivity contribution in [3.8, 4) is 11.1 Å². The van der Waals surface area contributed by atoms with E-state index in [1.54, 1.807) is 42.5 Å². The Morgan fingerprint density at radius 1 is 0.972 bits per heavy atom. The molecule has 5 rings (SSSR count). The predicted molar refractivity (Wildman–Crippen MR) is 130 cm³/mol. The average molecular weight is 486 g/mol. The highest BCUT2D eigenvalue weighted by Gasteiger charge is 2.46. The number of esters is 1. The van der Waals surface area contributed by atoms with Gasteiger partial charge >= 0.3 is 12.0 Å². The standard InChI is InChI=1S/C28H23FN2O5/c29-22-16-25(31-23(26(32)30-28(31)34)15-18-7-3-1-4-8-18)36-24(22)17-35-27(33)21-13-11-20(12-14-21)19-9-5-2-6-10-19/h1-15,22,24-25H,16-17H2,(H,30,32,34)/b23-15-/t22-,24+,25+/m0/s1. The fourth-order valence-electron chi connectivity index (χ4n) is 4.24. The minimum absolute atomic E-state index is 0.0690. The third-order valence-electron chi connectivity index (χ3n) is 6.09. The average Bonchev–Trinajstić information content (AvgIpc) is 3.40. The van der Waals surface area contributed by atoms with Crippen molar-refractivity contribution in [3.63, 3.8) is 0 Å². The van der Waals surface area contributed by atoms with Gasteiger partial charge in [-0.1, -0.05) is 72.8 Å². The van der Waals surface area contributed by atoms with Gasteiger partial charge in [-0.25, -0.2) is 14.0 Å². The van der Waals surface area contributed by atoms with E-state index in [4.69, 9.17) is 9.47 Å². The molecule has 2 fully saturated rings. The van der Waals surface area contributed by atoms with E-state index in [0.29, 0.717) is 11.1 Å². The molecule has 0 aromatic heterocycles. The lowest BCUT2D eigenvalue weighted by Crippen LogP contribution is -2.37. The number of hydrogen-bond donors (Lipinski definition) is 1. The van der Waals surface area contributed by atoms with E-state index in [1.165, 1.54) is 0 Å². The first kappa shape index (κ1) is 23.4. The van der Waals surface area contributed by atoms with Crippen LogP contribution in [0.25, 0.3) is 17.2 Å². The van der Waals surface area contributed by atoms with Crippen LogP contribution >= 0.6 is 0 Å². The van der Waals surface area contributed by atoms with Crippen molar-refractivity contribution in [2.24, 2.45) is 0 Å². The van der Waals surface area contributed by atoms with Crippen molar-refractivity contribution in [2.75, 3.05) is 6.61 Å². The summed E-state index contributed by atoms with van der Waals surface area (Å²) in [6.07, 6.45) is -2.16. The molecule has 7 nitrogen and oxygen atoms in total. The van der Waals surface area contributed by atoms with Crippen molar-refractivity contribution >= 4 is 24.0 Å². The normalized spacial score (nSPS) is 22.6. The molecule has 2 aliphatic rings. The molecule has 2 aliphatic heterocycles. The van der Waals surface area contributed by atoms with Crippen LogP contribution in [0.1, 0.15) is 22.3 Å². The second-order valence-corrected chi connectivity index (χ2v) is 8.49. The van der Waals surface area contributed by atoms with Gasteiger partial charge in [0.15, 0.2) is 0 Å². The van der Waals surface area contributed by atoms with Crippen LogP contribution in [0.3, 0.4) is 0 Å². The molecule has 0 bridgehead atoms. The number of amides is 3. The van der Waals surface area contributed by atoms with E-state index in [0.717, 1.165) is 16.0 Å². The van der Waals surface area contributed by atoms with E-state index in [1.807, 2.05) is 48.5 Å². The van der Waals surface area contributed by atoms with Gasteiger partial charge in [0.25, 0.3) is 5.91 Å². The second-order valence-electron chi connectivity index (χ2n) is 8.49. The molecule has 3 aromatic carbocycles. The number of benzene rings is 3. The lowest BCUT2D eigenvalue weighted by Gasteiger charge is -2.23. The lowest BCUT2D eigenvalue weighted by atomic mass is 10.0. The molecule has 0 saturated carbocycles. The van der Waals surface area contributed by atoms with E-state index >= 15 is 0 Å². The summed E-state index contributed by atoms with van der Waals surface area (Å²) in [6.45, 7) is -0.321. The van der Waals surface area contributed by atoms with Crippen LogP contribution in [0.4, 0.5) is 9.18 Å². The number of urea groups is 1. The number of nitrogens with one attached hydrogen (secondary N) is 1. The molecule has 8 heteroatoms. The molecule has 3 atom stereocenters. The number of carbonyl (C=O) groups is 3. The highest BCUT2D eigenvalue weighted by molar-refractivity contribution is 6.14. The Kier molecular flexibility index (Phi) is 6.60. The molecule has 182 valence electrons. The molecular formula is C28H23FN2O5. The molecule has 1 N–H and O–H groups in total. The van der Waals surface area contributed by atoms with Gasteiger partial charge in [0.1, 0.15) is 30.8 Å². The number of rotatable bonds is 6. The number of ether oxygens (including phenoxy) is 2. The Morgan fingerprint density at radius 2 is 1.61 bits per heavy atom. The number of carbonyl (C=O) groups excluding carboxylic acids is 3. The largest absolute Gasteiger partial charge is 0.459 e. The first-order valence-corrected chi connectivity index (χ1v) is 11.5. The van der Waals surface area contributed by atoms with Gasteiger partial charge in [0.05, 0.1) is 5.56 Å². The summed E-state index contributed by atoms with van der Waals surface area (Å²) < 4.78 is 25.8. The Morgan fingerprint density at radius 3 is 2.31 bits per heavy atom. The number of imide groups is 1. The number of alkyl halides is 1. The summed E-state index contributed by atoms with van der Waals surface area (Å²) in [7, 11) is 0. The third kappa shape index (κ3) is 4.89. The summed E-state index contributed by atoms with van der Waals surface area (Å²) in [4.78, 5) is 38.4. The molecule has 2 heterocycles. The third-order valence-corrected chi connectivity index (χ3v) is 6.09. The minimum Gasteiger partial charge on any atom is -0.459 e. The summed E-state index contributed by atoms with van der Waals surface area (Å²) in [5, 5.41) is 2.22. The Balaban J connectivity index is 1.22. The Labute approximate surface area is 207 Å². The Hall–Kier alpha value is -4.30. The maximum atomic E-state index is 14.8. The molecule has 2 saturated heterocycles. The molecule has 0 spiro atoms. The maximum Gasteiger partial charge on any atom is 0.338 e. The zero-order valence-electron chi connectivity index (χ0n) is 19.2. The van der Waals surface area contributed by atoms with Gasteiger partial charge in [0.2, 0.25) is 0 Å². The highest BCUT2D eigenvalue weighted by Crippen LogP contribution is 2.31. The fourth-order valence-corrected chi connectivity index (χ4v) is 4.24. The van der Waals surface area contributed by atoms with Gasteiger partial charge in [-0.2, -0.15) is 0 Å². The van der Waals surface area contributed by atoms with Crippen LogP contribution in [-0.4, -0.2) is 47.9 Å². The van der Waals surface area contributed by atoms with Crippen molar-refractivity contribution in [3.05, 3.63) is 102 Å². The van der Waals surface area contributed by atoms with Gasteiger partial charge in [-0.3, -0.25) is 15.0 Å². The van der Waals surface area contributed by atoms with Gasteiger partial charge in [-0.15, -0.1) is 0 Å². The van der Waals surface area contributed by atoms with Crippen molar-refractivity contribution in [1.82, 2.24) is 10.2 Å². The number of halogens is 1. The van der Waals surface area contributed by atoms with Crippen LogP contribution in [0.15, 0.2) is 90.6 Å². The molecule has 3 aromatic rings. The molecule has 0 aliphatic carbocycles. The Bertz CT molecular complexity index is 1290. The van der Waals surface area contributed by atoms with Crippen molar-refractivity contribution in [2.45, 2.75) is 24.9 Å². The van der Waals surface area contributed by atoms with Crippen LogP contribution in [0, 0.1) is 0 Å². The zero-order valence-corrected chi connectivity index (χ0v) is 19.2. The van der Waals surface area contributed by atoms with E-state index in [-0.39, 0.29) is 18.7 Å². The predicted octanol–water partition coefficient (Wildman–Crippen LogP) is 4.56. The van der Waals surface area contributed by atoms with Gasteiger partial charge < -0.3 is 9.47 Å². The topological polar surface area (TPSA) is 84.9 Å². The first-order valence-electron chi connectivity index (χ1n) is 11.5. The van der Waals surface area contributed by atoms with Crippen LogP contribution in [-0.2, 0) is 14.3 Å². The lowest BCUT2D eigenvalue weighted by molar-refractivity contribution is -0.116. The van der Waals surface area contributed by atoms with E-state index in [2.05, 4.69) is 5.32 Å². The summed E-state index contributed by atoms with van der Waals surface area (Å²) in [5.74, 6) is -1.19. The first-order chi connectivity index (χ1) is 17.5. The van der Waals surface area contributed by atoms with Crippen LogP contribution in [0.5, 0.6) is 0 Å². The summed E-state index contributed by atoms with van der Waals surface area (Å²) in [6, 6.07) is 25.0. The minimum atomic E-state index is -1.48. The van der Waals surface area contributed by atoms with Gasteiger partial charge in [0, 0.05) is 6.42 Å². The van der Waals surface area contributed by atoms with Crippen LogP contribution in [0.2, 0.25) is 0 Å². The van der Waals surface area contributed by atoms with Crippen molar-refractivity contribution in [1.29, 1.82) is 0 Å². The highest BCUT2D eigenvalue weighted by atomic mass is 19.1. The SMILES string of the molecule is O=C1NC(=O)N([C@H]2C[C@H](F)[C@@H](COC(=O)c3ccc(-c4ccccc4)cc3)O2)/C1=C\c1ccccc1. The second kappa shape index (κ2) is 10.1. The van der Waals surface area contributed by atoms with Gasteiger partial charge in [-0.05, 0) is 34.9 Å². The fraction of sp³-hybridized carbons (Fsp3) is 0.179. The molecular weight excluding hydrogens is 463 g/mol. The zero-order chi connectivity index (χ0) is 25.1. The summed E-state index contributed by atoms with van der Waals surface area (Å²) in [5.41, 5.74) is 3.08. The molecule has 0 unspecified atom stereocenters. The molecule has 0 radical (unpaired) electrons. The monoisotopic (exact) mass is 486 g/mol. The van der Waals surface area contributed by atoms with Crippen LogP contribution < -0.4 is 5.32 Å². The number of hydrogen-bond acceptors (Lipinski definition) is 5. The molecule has 36 heavy (non-hydrogen) atoms. The van der Waals surface area contributed by atoms with Crippen molar-refractivity contribution < 1.29 is 28.2 Å².